The Hall–Kier alpha value is -3.67. The number of carbonyl (C=O) groups is 4. The molecule has 0 unspecified atom stereocenters. The minimum atomic E-state index is -0.996. The molecule has 6 rings (SSSR count). The summed E-state index contributed by atoms with van der Waals surface area (Å²) in [5, 5.41) is 3.93. The SMILES string of the molecule is CO[C@H]1CC[C@H]([C@@H]2CCN(C(=O)C3CCC([C@@H](CF)OC(N)=O)CC3)[C@@H]2C(=O)Nc2ccc3c(c2)cc2n3C(C)(C)OC2=O)CC1. The minimum absolute atomic E-state index is 0.0237. The first-order valence-electron chi connectivity index (χ1n) is 16.6. The van der Waals surface area contributed by atoms with Crippen LogP contribution in [0.4, 0.5) is 14.9 Å². The molecule has 46 heavy (non-hydrogen) atoms. The number of rotatable bonds is 8. The van der Waals surface area contributed by atoms with Gasteiger partial charge in [-0.25, -0.2) is 14.0 Å². The summed E-state index contributed by atoms with van der Waals surface area (Å²) < 4.78 is 31.5. The fourth-order valence-corrected chi connectivity index (χ4v) is 8.59. The molecule has 4 aliphatic rings. The van der Waals surface area contributed by atoms with E-state index in [2.05, 4.69) is 5.32 Å². The minimum Gasteiger partial charge on any atom is -0.443 e. The number of nitrogens with one attached hydrogen (secondary N) is 1. The van der Waals surface area contributed by atoms with Gasteiger partial charge in [0.05, 0.1) is 11.6 Å². The highest BCUT2D eigenvalue weighted by Gasteiger charge is 2.48. The lowest BCUT2D eigenvalue weighted by Crippen LogP contribution is -2.50. The Morgan fingerprint density at radius 3 is 2.43 bits per heavy atom. The number of alkyl halides is 1. The van der Waals surface area contributed by atoms with Crippen LogP contribution in [0.15, 0.2) is 24.3 Å². The van der Waals surface area contributed by atoms with E-state index in [-0.39, 0.29) is 41.6 Å². The van der Waals surface area contributed by atoms with Gasteiger partial charge in [0.15, 0.2) is 5.72 Å². The number of hydrogen-bond donors (Lipinski definition) is 2. The second kappa shape index (κ2) is 12.8. The number of likely N-dealkylation sites (tertiary alicyclic amines) is 1. The maximum absolute atomic E-state index is 14.2. The standard InChI is InChI=1S/C34H45FN4O7/c1-34(2)39-26-13-10-23(16-22(26)17-27(39)32(42)46-34)37-30(40)29-25(19-8-11-24(44-3)12-9-19)14-15-38(29)31(41)21-6-4-20(5-7-21)28(18-35)45-33(36)43/h10,13,16-17,19-21,24-25,28-29H,4-9,11-12,14-15,18H2,1-3H3,(H2,36,43)(H,37,40)/t19-,20?,21?,24-,25-,28+,29-/m0/s1. The first kappa shape index (κ1) is 32.3. The number of benzene rings is 1. The molecule has 250 valence electrons. The Balaban J connectivity index is 1.20. The molecule has 3 heterocycles. The molecule has 12 heteroatoms. The number of primary amides is 1. The van der Waals surface area contributed by atoms with E-state index in [1.807, 2.05) is 36.6 Å². The van der Waals surface area contributed by atoms with Crippen molar-refractivity contribution in [3.63, 3.8) is 0 Å². The Morgan fingerprint density at radius 1 is 1.07 bits per heavy atom. The van der Waals surface area contributed by atoms with Crippen LogP contribution in [0.25, 0.3) is 10.9 Å². The lowest BCUT2D eigenvalue weighted by atomic mass is 9.75. The summed E-state index contributed by atoms with van der Waals surface area (Å²) >= 11 is 0. The van der Waals surface area contributed by atoms with Crippen molar-refractivity contribution < 1.29 is 37.8 Å². The predicted octanol–water partition coefficient (Wildman–Crippen LogP) is 5.10. The largest absolute Gasteiger partial charge is 0.443 e. The lowest BCUT2D eigenvalue weighted by molar-refractivity contribution is -0.142. The Kier molecular flexibility index (Phi) is 9.02. The fraction of sp³-hybridized carbons (Fsp3) is 0.647. The smallest absolute Gasteiger partial charge is 0.404 e. The molecule has 2 aliphatic heterocycles. The number of hydrogen-bond acceptors (Lipinski definition) is 7. The summed E-state index contributed by atoms with van der Waals surface area (Å²) in [6.07, 6.45) is 4.98. The van der Waals surface area contributed by atoms with Crippen molar-refractivity contribution >= 4 is 40.5 Å². The highest BCUT2D eigenvalue weighted by molar-refractivity contribution is 6.02. The van der Waals surface area contributed by atoms with E-state index in [1.165, 1.54) is 0 Å². The maximum Gasteiger partial charge on any atom is 0.404 e. The van der Waals surface area contributed by atoms with Crippen LogP contribution in [-0.2, 0) is 29.5 Å². The molecule has 1 aromatic carbocycles. The molecule has 3 fully saturated rings. The van der Waals surface area contributed by atoms with Gasteiger partial charge in [0.1, 0.15) is 24.5 Å². The number of aromatic nitrogens is 1. The molecule has 1 saturated heterocycles. The van der Waals surface area contributed by atoms with Crippen molar-refractivity contribution in [1.29, 1.82) is 0 Å². The molecular formula is C34H45FN4O7. The van der Waals surface area contributed by atoms with Crippen molar-refractivity contribution in [2.75, 3.05) is 25.6 Å². The average molecular weight is 641 g/mol. The summed E-state index contributed by atoms with van der Waals surface area (Å²) in [5.41, 5.74) is 6.23. The first-order chi connectivity index (χ1) is 22.0. The van der Waals surface area contributed by atoms with Gasteiger partial charge >= 0.3 is 12.1 Å². The van der Waals surface area contributed by atoms with Gasteiger partial charge in [-0.3, -0.25) is 14.2 Å². The van der Waals surface area contributed by atoms with Gasteiger partial charge in [0.2, 0.25) is 11.8 Å². The number of cyclic esters (lactones) is 1. The van der Waals surface area contributed by atoms with Gasteiger partial charge in [-0.1, -0.05) is 0 Å². The number of anilines is 1. The monoisotopic (exact) mass is 640 g/mol. The van der Waals surface area contributed by atoms with Crippen LogP contribution in [0.2, 0.25) is 0 Å². The van der Waals surface area contributed by atoms with Gasteiger partial charge in [-0.05, 0) is 114 Å². The zero-order chi connectivity index (χ0) is 32.7. The molecule has 0 bridgehead atoms. The summed E-state index contributed by atoms with van der Waals surface area (Å²) in [6.45, 7) is 3.37. The third kappa shape index (κ3) is 6.08. The van der Waals surface area contributed by atoms with Gasteiger partial charge in [-0.2, -0.15) is 0 Å². The normalized spacial score (nSPS) is 29.7. The number of methoxy groups -OCH3 is 1. The van der Waals surface area contributed by atoms with E-state index >= 15 is 0 Å². The number of fused-ring (bicyclic) bond motifs is 3. The van der Waals surface area contributed by atoms with E-state index in [0.717, 1.165) is 43.0 Å². The number of halogens is 1. The van der Waals surface area contributed by atoms with Crippen molar-refractivity contribution in [3.05, 3.63) is 30.0 Å². The number of nitrogens with zero attached hydrogens (tertiary/aromatic N) is 2. The van der Waals surface area contributed by atoms with Crippen LogP contribution in [0.5, 0.6) is 0 Å². The average Bonchev–Trinajstić information content (AvgIpc) is 3.71. The van der Waals surface area contributed by atoms with E-state index in [9.17, 15) is 23.6 Å². The number of carbonyl (C=O) groups excluding carboxylic acids is 4. The maximum atomic E-state index is 14.2. The Morgan fingerprint density at radius 2 is 1.78 bits per heavy atom. The highest BCUT2D eigenvalue weighted by atomic mass is 19.1. The summed E-state index contributed by atoms with van der Waals surface area (Å²) in [6, 6.07) is 6.73. The van der Waals surface area contributed by atoms with Crippen molar-refractivity contribution in [3.8, 4) is 0 Å². The van der Waals surface area contributed by atoms with Gasteiger partial charge < -0.3 is 30.2 Å². The number of amides is 3. The molecule has 0 radical (unpaired) electrons. The fourth-order valence-electron chi connectivity index (χ4n) is 8.59. The molecule has 2 saturated carbocycles. The quantitative estimate of drug-likeness (QED) is 0.382. The molecule has 1 aromatic heterocycles. The van der Waals surface area contributed by atoms with Gasteiger partial charge in [0, 0.05) is 30.6 Å². The molecular weight excluding hydrogens is 595 g/mol. The third-order valence-corrected chi connectivity index (χ3v) is 10.9. The van der Waals surface area contributed by atoms with Crippen LogP contribution in [0, 0.1) is 23.7 Å². The van der Waals surface area contributed by atoms with Gasteiger partial charge in [-0.15, -0.1) is 0 Å². The number of nitrogens with two attached hydrogens (primary N) is 1. The second-order valence-electron chi connectivity index (χ2n) is 13.9. The molecule has 2 aliphatic carbocycles. The van der Waals surface area contributed by atoms with Crippen molar-refractivity contribution in [2.45, 2.75) is 95.6 Å². The first-order valence-corrected chi connectivity index (χ1v) is 16.6. The van der Waals surface area contributed by atoms with E-state index in [0.29, 0.717) is 49.5 Å². The number of ether oxygens (including phenoxy) is 3. The van der Waals surface area contributed by atoms with Gasteiger partial charge in [0.25, 0.3) is 0 Å². The molecule has 3 amide bonds. The summed E-state index contributed by atoms with van der Waals surface area (Å²) in [7, 11) is 1.74. The van der Waals surface area contributed by atoms with Crippen molar-refractivity contribution in [1.82, 2.24) is 9.47 Å². The Bertz CT molecular complexity index is 1490. The van der Waals surface area contributed by atoms with E-state index < -0.39 is 30.6 Å². The lowest BCUT2D eigenvalue weighted by Gasteiger charge is -2.37. The van der Waals surface area contributed by atoms with Crippen LogP contribution < -0.4 is 11.1 Å². The zero-order valence-corrected chi connectivity index (χ0v) is 26.8. The number of esters is 1. The molecule has 3 atom stereocenters. The second-order valence-corrected chi connectivity index (χ2v) is 13.9. The predicted molar refractivity (Wildman–Crippen MR) is 168 cm³/mol. The van der Waals surface area contributed by atoms with Crippen molar-refractivity contribution in [2.24, 2.45) is 29.4 Å². The summed E-state index contributed by atoms with van der Waals surface area (Å²) in [4.78, 5) is 53.7. The molecule has 3 N–H and O–H groups in total. The molecule has 0 spiro atoms. The zero-order valence-electron chi connectivity index (χ0n) is 26.8. The van der Waals surface area contributed by atoms with Crippen LogP contribution in [0.1, 0.15) is 82.1 Å². The topological polar surface area (TPSA) is 142 Å². The van der Waals surface area contributed by atoms with Crippen LogP contribution >= 0.6 is 0 Å². The molecule has 11 nitrogen and oxygen atoms in total. The Labute approximate surface area is 268 Å². The molecule has 2 aromatic rings. The van der Waals surface area contributed by atoms with Crippen LogP contribution in [0.3, 0.4) is 0 Å². The van der Waals surface area contributed by atoms with Crippen LogP contribution in [-0.4, -0.2) is 71.9 Å². The summed E-state index contributed by atoms with van der Waals surface area (Å²) in [5.74, 6) is -0.788. The highest BCUT2D eigenvalue weighted by Crippen LogP contribution is 2.42. The van der Waals surface area contributed by atoms with E-state index in [1.54, 1.807) is 18.1 Å². The third-order valence-electron chi connectivity index (χ3n) is 10.9. The van der Waals surface area contributed by atoms with E-state index in [4.69, 9.17) is 19.9 Å².